The standard InChI is InChI=1S/C21H24N/c1-2-3-4-5-8-16-22-21-13-9-12-19-18-11-7-6-10-17(18)14-15-20(19)21/h6-7,9-15H,2-5,8,16H2,1H3. The van der Waals surface area contributed by atoms with Gasteiger partial charge in [-0.3, -0.25) is 5.32 Å². The first-order valence-corrected chi connectivity index (χ1v) is 8.48. The Kier molecular flexibility index (Phi) is 4.95. The van der Waals surface area contributed by atoms with Gasteiger partial charge in [0.2, 0.25) is 0 Å². The van der Waals surface area contributed by atoms with E-state index in [1.54, 1.807) is 0 Å². The fraction of sp³-hybridized carbons (Fsp3) is 0.333. The number of unbranched alkanes of at least 4 members (excludes halogenated alkanes) is 4. The predicted molar refractivity (Wildman–Crippen MR) is 96.9 cm³/mol. The number of nitrogens with zero attached hydrogens (tertiary/aromatic N) is 1. The van der Waals surface area contributed by atoms with Crippen molar-refractivity contribution in [3.05, 3.63) is 54.6 Å². The third kappa shape index (κ3) is 3.24. The Bertz CT molecular complexity index is 745. The smallest absolute Gasteiger partial charge is 0.0652 e. The molecule has 0 saturated carbocycles. The molecule has 3 aromatic carbocycles. The molecule has 1 nitrogen and oxygen atoms in total. The summed E-state index contributed by atoms with van der Waals surface area (Å²) in [4.78, 5) is 0. The van der Waals surface area contributed by atoms with Crippen LogP contribution in [0.1, 0.15) is 39.0 Å². The van der Waals surface area contributed by atoms with Crippen molar-refractivity contribution in [1.82, 2.24) is 5.32 Å². The Labute approximate surface area is 133 Å². The maximum atomic E-state index is 4.84. The lowest BCUT2D eigenvalue weighted by Crippen LogP contribution is -2.00. The van der Waals surface area contributed by atoms with Gasteiger partial charge < -0.3 is 0 Å². The van der Waals surface area contributed by atoms with E-state index in [9.17, 15) is 0 Å². The van der Waals surface area contributed by atoms with Crippen LogP contribution in [-0.4, -0.2) is 6.54 Å². The van der Waals surface area contributed by atoms with Gasteiger partial charge in [-0.05, 0) is 28.6 Å². The Morgan fingerprint density at radius 3 is 2.41 bits per heavy atom. The zero-order chi connectivity index (χ0) is 15.2. The van der Waals surface area contributed by atoms with E-state index < -0.39 is 0 Å². The molecule has 3 rings (SSSR count). The molecule has 1 heteroatoms. The number of hydrogen-bond acceptors (Lipinski definition) is 0. The summed E-state index contributed by atoms with van der Waals surface area (Å²) in [5.41, 5.74) is 1.14. The number of rotatable bonds is 7. The molecule has 0 atom stereocenters. The maximum absolute atomic E-state index is 4.84. The fourth-order valence-electron chi connectivity index (χ4n) is 3.08. The van der Waals surface area contributed by atoms with Gasteiger partial charge >= 0.3 is 0 Å². The molecule has 0 fully saturated rings. The first-order valence-electron chi connectivity index (χ1n) is 8.48. The van der Waals surface area contributed by atoms with Crippen LogP contribution in [0, 0.1) is 0 Å². The topological polar surface area (TPSA) is 14.1 Å². The molecule has 0 unspecified atom stereocenters. The third-order valence-electron chi connectivity index (χ3n) is 4.31. The summed E-state index contributed by atoms with van der Waals surface area (Å²) in [6.07, 6.45) is 6.48. The van der Waals surface area contributed by atoms with Crippen molar-refractivity contribution >= 4 is 27.2 Å². The minimum absolute atomic E-state index is 0.940. The van der Waals surface area contributed by atoms with Crippen LogP contribution in [0.25, 0.3) is 21.5 Å². The molecule has 0 bridgehead atoms. The average Bonchev–Trinajstić information content (AvgIpc) is 2.58. The van der Waals surface area contributed by atoms with Crippen molar-refractivity contribution in [2.24, 2.45) is 0 Å². The van der Waals surface area contributed by atoms with E-state index in [4.69, 9.17) is 5.32 Å². The fourth-order valence-corrected chi connectivity index (χ4v) is 3.08. The summed E-state index contributed by atoms with van der Waals surface area (Å²) in [5.74, 6) is 0. The highest BCUT2D eigenvalue weighted by Crippen LogP contribution is 2.30. The SMILES string of the molecule is CCCCCCC[N]c1cccc2c1ccc1ccccc12. The Balaban J connectivity index is 1.77. The molecular formula is C21H24N. The second kappa shape index (κ2) is 7.31. The van der Waals surface area contributed by atoms with Gasteiger partial charge in [-0.1, -0.05) is 81.1 Å². The second-order valence-corrected chi connectivity index (χ2v) is 5.95. The zero-order valence-electron chi connectivity index (χ0n) is 13.4. The lowest BCUT2D eigenvalue weighted by Gasteiger charge is -2.09. The van der Waals surface area contributed by atoms with Crippen LogP contribution >= 0.6 is 0 Å². The molecule has 0 aliphatic heterocycles. The summed E-state index contributed by atoms with van der Waals surface area (Å²) in [6, 6.07) is 19.5. The summed E-state index contributed by atoms with van der Waals surface area (Å²) in [7, 11) is 0. The summed E-state index contributed by atoms with van der Waals surface area (Å²) in [5, 5.41) is 10.0. The molecular weight excluding hydrogens is 266 g/mol. The van der Waals surface area contributed by atoms with Crippen molar-refractivity contribution in [2.75, 3.05) is 6.54 Å². The zero-order valence-corrected chi connectivity index (χ0v) is 13.4. The quantitative estimate of drug-likeness (QED) is 0.363. The normalized spacial score (nSPS) is 11.1. The minimum atomic E-state index is 0.940. The highest BCUT2D eigenvalue weighted by atomic mass is 14.9. The third-order valence-corrected chi connectivity index (χ3v) is 4.31. The van der Waals surface area contributed by atoms with Crippen molar-refractivity contribution < 1.29 is 0 Å². The molecule has 0 aromatic heterocycles. The van der Waals surface area contributed by atoms with Crippen LogP contribution in [0.4, 0.5) is 5.69 Å². The van der Waals surface area contributed by atoms with Gasteiger partial charge in [-0.15, -0.1) is 0 Å². The van der Waals surface area contributed by atoms with Crippen molar-refractivity contribution in [1.29, 1.82) is 0 Å². The van der Waals surface area contributed by atoms with E-state index in [0.717, 1.165) is 12.2 Å². The van der Waals surface area contributed by atoms with Crippen LogP contribution in [0.5, 0.6) is 0 Å². The van der Waals surface area contributed by atoms with E-state index in [1.165, 1.54) is 53.6 Å². The first kappa shape index (κ1) is 14.9. The van der Waals surface area contributed by atoms with Gasteiger partial charge in [0.1, 0.15) is 0 Å². The lowest BCUT2D eigenvalue weighted by atomic mass is 10.0. The van der Waals surface area contributed by atoms with E-state index in [0.29, 0.717) is 0 Å². The molecule has 3 aromatic rings. The van der Waals surface area contributed by atoms with Gasteiger partial charge in [0.15, 0.2) is 0 Å². The van der Waals surface area contributed by atoms with Gasteiger partial charge in [-0.2, -0.15) is 0 Å². The van der Waals surface area contributed by atoms with Crippen LogP contribution in [0.3, 0.4) is 0 Å². The van der Waals surface area contributed by atoms with E-state index in [-0.39, 0.29) is 0 Å². The molecule has 0 aliphatic rings. The summed E-state index contributed by atoms with van der Waals surface area (Å²) >= 11 is 0. The molecule has 0 N–H and O–H groups in total. The van der Waals surface area contributed by atoms with E-state index >= 15 is 0 Å². The highest BCUT2D eigenvalue weighted by Gasteiger charge is 2.04. The molecule has 22 heavy (non-hydrogen) atoms. The van der Waals surface area contributed by atoms with Crippen LogP contribution in [0.15, 0.2) is 54.6 Å². The first-order chi connectivity index (χ1) is 10.9. The monoisotopic (exact) mass is 290 g/mol. The van der Waals surface area contributed by atoms with Crippen molar-refractivity contribution in [2.45, 2.75) is 39.0 Å². The molecule has 0 saturated heterocycles. The minimum Gasteiger partial charge on any atom is -0.285 e. The van der Waals surface area contributed by atoms with E-state index in [2.05, 4.69) is 61.5 Å². The molecule has 0 aliphatic carbocycles. The molecule has 0 heterocycles. The number of fused-ring (bicyclic) bond motifs is 3. The number of hydrogen-bond donors (Lipinski definition) is 0. The van der Waals surface area contributed by atoms with Gasteiger partial charge in [0, 0.05) is 11.9 Å². The highest BCUT2D eigenvalue weighted by molar-refractivity contribution is 6.10. The maximum Gasteiger partial charge on any atom is 0.0652 e. The van der Waals surface area contributed by atoms with Crippen molar-refractivity contribution in [3.63, 3.8) is 0 Å². The Morgan fingerprint density at radius 2 is 1.50 bits per heavy atom. The van der Waals surface area contributed by atoms with Crippen LogP contribution in [-0.2, 0) is 0 Å². The lowest BCUT2D eigenvalue weighted by molar-refractivity contribution is 0.618. The van der Waals surface area contributed by atoms with Crippen LogP contribution < -0.4 is 5.32 Å². The summed E-state index contributed by atoms with van der Waals surface area (Å²) < 4.78 is 0. The van der Waals surface area contributed by atoms with E-state index in [1.807, 2.05) is 0 Å². The van der Waals surface area contributed by atoms with Gasteiger partial charge in [0.25, 0.3) is 0 Å². The molecule has 113 valence electrons. The second-order valence-electron chi connectivity index (χ2n) is 5.95. The molecule has 1 radical (unpaired) electrons. The van der Waals surface area contributed by atoms with Gasteiger partial charge in [0.05, 0.1) is 5.69 Å². The van der Waals surface area contributed by atoms with Crippen molar-refractivity contribution in [3.8, 4) is 0 Å². The average molecular weight is 290 g/mol. The largest absolute Gasteiger partial charge is 0.285 e. The predicted octanol–water partition coefficient (Wildman–Crippen LogP) is 6.20. The van der Waals surface area contributed by atoms with Crippen LogP contribution in [0.2, 0.25) is 0 Å². The molecule has 0 amide bonds. The Hall–Kier alpha value is -2.02. The summed E-state index contributed by atoms with van der Waals surface area (Å²) in [6.45, 7) is 3.19. The van der Waals surface area contributed by atoms with Gasteiger partial charge in [-0.25, -0.2) is 0 Å². The Morgan fingerprint density at radius 1 is 0.682 bits per heavy atom. The molecule has 0 spiro atoms. The number of benzene rings is 3.